The van der Waals surface area contributed by atoms with Gasteiger partial charge in [0.1, 0.15) is 0 Å². The molecule has 2 rings (SSSR count). The molecule has 1 heteroatoms. The van der Waals surface area contributed by atoms with Crippen molar-refractivity contribution < 1.29 is 0 Å². The van der Waals surface area contributed by atoms with Crippen LogP contribution in [-0.4, -0.2) is 6.54 Å². The summed E-state index contributed by atoms with van der Waals surface area (Å²) in [6.45, 7) is 11.2. The molecular formula is C18H25N. The number of rotatable bonds is 5. The third kappa shape index (κ3) is 3.36. The van der Waals surface area contributed by atoms with E-state index < -0.39 is 0 Å². The molecular weight excluding hydrogens is 230 g/mol. The lowest BCUT2D eigenvalue weighted by Crippen LogP contribution is -2.33. The number of nitrogens with one attached hydrogen (secondary N) is 1. The molecule has 0 radical (unpaired) electrons. The third-order valence-corrected chi connectivity index (χ3v) is 4.34. The smallest absolute Gasteiger partial charge is 0.0211 e. The van der Waals surface area contributed by atoms with E-state index in [9.17, 15) is 0 Å². The molecule has 0 atom stereocenters. The van der Waals surface area contributed by atoms with E-state index in [1.807, 2.05) is 0 Å². The molecule has 2 aromatic carbocycles. The lowest BCUT2D eigenvalue weighted by Gasteiger charge is -2.29. The largest absolute Gasteiger partial charge is 0.312 e. The molecule has 0 bridgehead atoms. The molecule has 0 heterocycles. The van der Waals surface area contributed by atoms with E-state index in [1.54, 1.807) is 0 Å². The van der Waals surface area contributed by atoms with Crippen LogP contribution in [0.5, 0.6) is 0 Å². The summed E-state index contributed by atoms with van der Waals surface area (Å²) in [5, 5.41) is 6.30. The Bertz CT molecular complexity index is 535. The molecule has 0 unspecified atom stereocenters. The topological polar surface area (TPSA) is 12.0 Å². The SMILES string of the molecule is CC(C)C(C)(C)CNCc1cccc2ccccc12. The van der Waals surface area contributed by atoms with Gasteiger partial charge in [0.05, 0.1) is 0 Å². The summed E-state index contributed by atoms with van der Waals surface area (Å²) >= 11 is 0. The van der Waals surface area contributed by atoms with Gasteiger partial charge in [-0.15, -0.1) is 0 Å². The summed E-state index contributed by atoms with van der Waals surface area (Å²) in [5.74, 6) is 0.688. The lowest BCUT2D eigenvalue weighted by atomic mass is 9.81. The van der Waals surface area contributed by atoms with E-state index in [4.69, 9.17) is 0 Å². The predicted molar refractivity (Wildman–Crippen MR) is 84.3 cm³/mol. The summed E-state index contributed by atoms with van der Waals surface area (Å²) in [6, 6.07) is 15.1. The van der Waals surface area contributed by atoms with Crippen molar-refractivity contribution in [2.45, 2.75) is 34.2 Å². The molecule has 0 saturated carbocycles. The second-order valence-corrected chi connectivity index (χ2v) is 6.39. The molecule has 1 nitrogen and oxygen atoms in total. The van der Waals surface area contributed by atoms with Crippen LogP contribution in [0.25, 0.3) is 10.8 Å². The highest BCUT2D eigenvalue weighted by molar-refractivity contribution is 5.85. The highest BCUT2D eigenvalue weighted by atomic mass is 14.9. The molecule has 0 aliphatic heterocycles. The van der Waals surface area contributed by atoms with Crippen LogP contribution in [0.1, 0.15) is 33.3 Å². The number of fused-ring (bicyclic) bond motifs is 1. The Morgan fingerprint density at radius 1 is 1.00 bits per heavy atom. The maximum Gasteiger partial charge on any atom is 0.0211 e. The van der Waals surface area contributed by atoms with Crippen molar-refractivity contribution in [2.24, 2.45) is 11.3 Å². The van der Waals surface area contributed by atoms with Crippen LogP contribution in [0.15, 0.2) is 42.5 Å². The summed E-state index contributed by atoms with van der Waals surface area (Å²) < 4.78 is 0. The Balaban J connectivity index is 2.07. The van der Waals surface area contributed by atoms with Gasteiger partial charge in [0.2, 0.25) is 0 Å². The Morgan fingerprint density at radius 2 is 1.68 bits per heavy atom. The zero-order chi connectivity index (χ0) is 13.9. The van der Waals surface area contributed by atoms with Gasteiger partial charge in [-0.2, -0.15) is 0 Å². The molecule has 102 valence electrons. The van der Waals surface area contributed by atoms with Gasteiger partial charge in [-0.05, 0) is 27.7 Å². The molecule has 2 aromatic rings. The van der Waals surface area contributed by atoms with E-state index in [-0.39, 0.29) is 0 Å². The minimum Gasteiger partial charge on any atom is -0.312 e. The van der Waals surface area contributed by atoms with E-state index in [0.717, 1.165) is 13.1 Å². The van der Waals surface area contributed by atoms with Crippen molar-refractivity contribution in [3.8, 4) is 0 Å². The summed E-state index contributed by atoms with van der Waals surface area (Å²) in [4.78, 5) is 0. The second-order valence-electron chi connectivity index (χ2n) is 6.39. The van der Waals surface area contributed by atoms with Gasteiger partial charge in [0, 0.05) is 13.1 Å². The van der Waals surface area contributed by atoms with Gasteiger partial charge in [-0.25, -0.2) is 0 Å². The minimum atomic E-state index is 0.338. The molecule has 0 aromatic heterocycles. The normalized spacial score (nSPS) is 12.3. The van der Waals surface area contributed by atoms with Crippen LogP contribution in [0, 0.1) is 11.3 Å². The number of benzene rings is 2. The van der Waals surface area contributed by atoms with Crippen molar-refractivity contribution in [3.63, 3.8) is 0 Å². The average Bonchev–Trinajstić information content (AvgIpc) is 2.38. The predicted octanol–water partition coefficient (Wildman–Crippen LogP) is 4.61. The molecule has 19 heavy (non-hydrogen) atoms. The van der Waals surface area contributed by atoms with Gasteiger partial charge in [0.15, 0.2) is 0 Å². The highest BCUT2D eigenvalue weighted by Crippen LogP contribution is 2.25. The number of hydrogen-bond acceptors (Lipinski definition) is 1. The van der Waals surface area contributed by atoms with Crippen molar-refractivity contribution in [1.29, 1.82) is 0 Å². The Hall–Kier alpha value is -1.34. The molecule has 0 saturated heterocycles. The van der Waals surface area contributed by atoms with E-state index in [1.165, 1.54) is 16.3 Å². The Kier molecular flexibility index (Phi) is 4.26. The fourth-order valence-electron chi connectivity index (χ4n) is 2.17. The molecule has 0 spiro atoms. The molecule has 1 N–H and O–H groups in total. The fraction of sp³-hybridized carbons (Fsp3) is 0.444. The molecule has 0 aliphatic carbocycles. The molecule has 0 fully saturated rings. The van der Waals surface area contributed by atoms with Crippen molar-refractivity contribution in [2.75, 3.05) is 6.54 Å². The first-order valence-corrected chi connectivity index (χ1v) is 7.18. The second kappa shape index (κ2) is 5.75. The number of hydrogen-bond donors (Lipinski definition) is 1. The highest BCUT2D eigenvalue weighted by Gasteiger charge is 2.21. The van der Waals surface area contributed by atoms with Crippen LogP contribution >= 0.6 is 0 Å². The van der Waals surface area contributed by atoms with Crippen molar-refractivity contribution in [3.05, 3.63) is 48.0 Å². The summed E-state index contributed by atoms with van der Waals surface area (Å²) in [7, 11) is 0. The zero-order valence-electron chi connectivity index (χ0n) is 12.5. The van der Waals surface area contributed by atoms with Crippen LogP contribution in [0.4, 0.5) is 0 Å². The van der Waals surface area contributed by atoms with Crippen LogP contribution in [0.2, 0.25) is 0 Å². The van der Waals surface area contributed by atoms with E-state index in [0.29, 0.717) is 11.3 Å². The minimum absolute atomic E-state index is 0.338. The first-order valence-electron chi connectivity index (χ1n) is 7.18. The maximum absolute atomic E-state index is 3.62. The monoisotopic (exact) mass is 255 g/mol. The lowest BCUT2D eigenvalue weighted by molar-refractivity contribution is 0.238. The van der Waals surface area contributed by atoms with Crippen molar-refractivity contribution >= 4 is 10.8 Å². The van der Waals surface area contributed by atoms with Crippen LogP contribution in [0.3, 0.4) is 0 Å². The third-order valence-electron chi connectivity index (χ3n) is 4.34. The summed E-state index contributed by atoms with van der Waals surface area (Å²) in [5.41, 5.74) is 1.72. The standard InChI is InChI=1S/C18H25N/c1-14(2)18(3,4)13-19-12-16-10-7-9-15-8-5-6-11-17(15)16/h5-11,14,19H,12-13H2,1-4H3. The van der Waals surface area contributed by atoms with Gasteiger partial charge in [-0.1, -0.05) is 70.2 Å². The van der Waals surface area contributed by atoms with Crippen molar-refractivity contribution in [1.82, 2.24) is 5.32 Å². The quantitative estimate of drug-likeness (QED) is 0.822. The van der Waals surface area contributed by atoms with E-state index in [2.05, 4.69) is 75.5 Å². The van der Waals surface area contributed by atoms with Gasteiger partial charge in [0.25, 0.3) is 0 Å². The van der Waals surface area contributed by atoms with Gasteiger partial charge in [-0.3, -0.25) is 0 Å². The fourth-order valence-corrected chi connectivity index (χ4v) is 2.17. The van der Waals surface area contributed by atoms with Crippen LogP contribution in [-0.2, 0) is 6.54 Å². The molecule has 0 amide bonds. The summed E-state index contributed by atoms with van der Waals surface area (Å²) in [6.07, 6.45) is 0. The maximum atomic E-state index is 3.62. The first kappa shape index (κ1) is 14.1. The Labute approximate surface area is 117 Å². The van der Waals surface area contributed by atoms with Crippen LogP contribution < -0.4 is 5.32 Å². The molecule has 0 aliphatic rings. The Morgan fingerprint density at radius 3 is 2.42 bits per heavy atom. The van der Waals surface area contributed by atoms with Gasteiger partial charge < -0.3 is 5.32 Å². The van der Waals surface area contributed by atoms with Gasteiger partial charge >= 0.3 is 0 Å². The average molecular weight is 255 g/mol. The zero-order valence-corrected chi connectivity index (χ0v) is 12.5. The van der Waals surface area contributed by atoms with E-state index >= 15 is 0 Å². The first-order chi connectivity index (χ1) is 9.00.